The Morgan fingerprint density at radius 3 is 2.85 bits per heavy atom. The minimum absolute atomic E-state index is 0.250. The smallest absolute Gasteiger partial charge is 0.132 e. The Bertz CT molecular complexity index is 512. The Labute approximate surface area is 91.9 Å². The van der Waals surface area contributed by atoms with Crippen LogP contribution in [0.15, 0.2) is 18.2 Å². The molecule has 1 aromatic heterocycles. The average Bonchev–Trinajstić information content (AvgIpc) is 2.47. The zero-order valence-corrected chi connectivity index (χ0v) is 9.32. The van der Waals surface area contributed by atoms with E-state index >= 15 is 0 Å². The van der Waals surface area contributed by atoms with Gasteiger partial charge in [0.1, 0.15) is 16.8 Å². The molecule has 4 heteroatoms. The summed E-state index contributed by atoms with van der Waals surface area (Å²) in [5, 5.41) is 9.18. The van der Waals surface area contributed by atoms with Gasteiger partial charge in [-0.1, -0.05) is 0 Å². The summed E-state index contributed by atoms with van der Waals surface area (Å²) < 4.78 is 15.0. The van der Waals surface area contributed by atoms with E-state index in [0.717, 1.165) is 8.27 Å². The van der Waals surface area contributed by atoms with Crippen molar-refractivity contribution >= 4 is 44.0 Å². The van der Waals surface area contributed by atoms with Crippen molar-refractivity contribution in [2.45, 2.75) is 0 Å². The standard InChI is InChI=1S/C9H3FINS/c10-8-1-5(11)2-9-7(8)3-6(4-12)13-9/h1-3H. The minimum Gasteiger partial charge on any atom is -0.206 e. The molecule has 1 aromatic carbocycles. The lowest BCUT2D eigenvalue weighted by atomic mass is 10.2. The van der Waals surface area contributed by atoms with E-state index < -0.39 is 0 Å². The summed E-state index contributed by atoms with van der Waals surface area (Å²) in [4.78, 5) is 0.552. The van der Waals surface area contributed by atoms with Crippen molar-refractivity contribution in [3.05, 3.63) is 32.5 Å². The molecule has 2 aromatic rings. The maximum Gasteiger partial charge on any atom is 0.132 e. The van der Waals surface area contributed by atoms with Crippen molar-refractivity contribution in [3.8, 4) is 6.07 Å². The highest BCUT2D eigenvalue weighted by Crippen LogP contribution is 2.28. The van der Waals surface area contributed by atoms with Gasteiger partial charge in [0.05, 0.1) is 0 Å². The summed E-state index contributed by atoms with van der Waals surface area (Å²) in [7, 11) is 0. The first-order valence-electron chi connectivity index (χ1n) is 3.49. The largest absolute Gasteiger partial charge is 0.206 e. The van der Waals surface area contributed by atoms with E-state index in [0.29, 0.717) is 10.3 Å². The van der Waals surface area contributed by atoms with Gasteiger partial charge >= 0.3 is 0 Å². The van der Waals surface area contributed by atoms with Gasteiger partial charge in [0.15, 0.2) is 0 Å². The van der Waals surface area contributed by atoms with Crippen LogP contribution in [0.4, 0.5) is 4.39 Å². The second-order valence-corrected chi connectivity index (χ2v) is 4.85. The van der Waals surface area contributed by atoms with Gasteiger partial charge in [-0.25, -0.2) is 4.39 Å². The van der Waals surface area contributed by atoms with E-state index in [2.05, 4.69) is 22.6 Å². The Morgan fingerprint density at radius 2 is 2.15 bits per heavy atom. The lowest BCUT2D eigenvalue weighted by molar-refractivity contribution is 0.639. The Hall–Kier alpha value is -0.670. The van der Waals surface area contributed by atoms with Crippen LogP contribution in [0.5, 0.6) is 0 Å². The summed E-state index contributed by atoms with van der Waals surface area (Å²) >= 11 is 3.38. The first-order valence-corrected chi connectivity index (χ1v) is 5.39. The third-order valence-corrected chi connectivity index (χ3v) is 3.27. The molecule has 0 radical (unpaired) electrons. The quantitative estimate of drug-likeness (QED) is 0.683. The van der Waals surface area contributed by atoms with Crippen LogP contribution >= 0.6 is 33.9 Å². The molecule has 13 heavy (non-hydrogen) atoms. The first-order chi connectivity index (χ1) is 6.20. The maximum atomic E-state index is 13.3. The van der Waals surface area contributed by atoms with Crippen molar-refractivity contribution in [2.24, 2.45) is 0 Å². The second-order valence-electron chi connectivity index (χ2n) is 2.52. The fourth-order valence-corrected chi connectivity index (χ4v) is 2.83. The van der Waals surface area contributed by atoms with Crippen molar-refractivity contribution in [1.82, 2.24) is 0 Å². The highest BCUT2D eigenvalue weighted by atomic mass is 127. The van der Waals surface area contributed by atoms with Crippen LogP contribution in [-0.2, 0) is 0 Å². The van der Waals surface area contributed by atoms with Gasteiger partial charge in [-0.05, 0) is 40.8 Å². The van der Waals surface area contributed by atoms with Crippen LogP contribution in [0.3, 0.4) is 0 Å². The van der Waals surface area contributed by atoms with E-state index in [9.17, 15) is 4.39 Å². The number of hydrogen-bond donors (Lipinski definition) is 0. The third-order valence-electron chi connectivity index (χ3n) is 1.66. The number of halogens is 2. The monoisotopic (exact) mass is 303 g/mol. The highest BCUT2D eigenvalue weighted by molar-refractivity contribution is 14.1. The fourth-order valence-electron chi connectivity index (χ4n) is 1.12. The molecular weight excluding hydrogens is 300 g/mol. The molecule has 0 fully saturated rings. The third kappa shape index (κ3) is 1.54. The van der Waals surface area contributed by atoms with Gasteiger partial charge < -0.3 is 0 Å². The Morgan fingerprint density at radius 1 is 1.38 bits per heavy atom. The number of hydrogen-bond acceptors (Lipinski definition) is 2. The highest BCUT2D eigenvalue weighted by Gasteiger charge is 2.06. The van der Waals surface area contributed by atoms with Crippen LogP contribution in [0.1, 0.15) is 4.88 Å². The minimum atomic E-state index is -0.250. The summed E-state index contributed by atoms with van der Waals surface area (Å²) in [5.74, 6) is -0.250. The van der Waals surface area contributed by atoms with Crippen molar-refractivity contribution in [3.63, 3.8) is 0 Å². The predicted molar refractivity (Wildman–Crippen MR) is 59.2 cm³/mol. The predicted octanol–water partition coefficient (Wildman–Crippen LogP) is 3.52. The average molecular weight is 303 g/mol. The molecule has 0 aliphatic carbocycles. The molecule has 2 rings (SSSR count). The molecule has 0 unspecified atom stereocenters. The van der Waals surface area contributed by atoms with E-state index in [1.54, 1.807) is 6.07 Å². The summed E-state index contributed by atoms with van der Waals surface area (Å²) in [6.07, 6.45) is 0. The lowest BCUT2D eigenvalue weighted by Gasteiger charge is -1.92. The Balaban J connectivity index is 2.84. The van der Waals surface area contributed by atoms with E-state index in [1.165, 1.54) is 17.4 Å². The molecule has 0 atom stereocenters. The molecule has 64 valence electrons. The van der Waals surface area contributed by atoms with Gasteiger partial charge in [0.25, 0.3) is 0 Å². The van der Waals surface area contributed by atoms with E-state index in [1.807, 2.05) is 12.1 Å². The summed E-state index contributed by atoms with van der Waals surface area (Å²) in [6.45, 7) is 0. The molecule has 0 spiro atoms. The zero-order valence-electron chi connectivity index (χ0n) is 6.34. The van der Waals surface area contributed by atoms with Crippen LogP contribution in [0.25, 0.3) is 10.1 Å². The van der Waals surface area contributed by atoms with Crippen LogP contribution in [0, 0.1) is 20.7 Å². The molecular formula is C9H3FINS. The zero-order chi connectivity index (χ0) is 9.42. The summed E-state index contributed by atoms with van der Waals surface area (Å²) in [5.41, 5.74) is 0. The molecule has 0 saturated heterocycles. The first kappa shape index (κ1) is 8.91. The van der Waals surface area contributed by atoms with Crippen LogP contribution in [0.2, 0.25) is 0 Å². The second kappa shape index (κ2) is 3.24. The molecule has 0 bridgehead atoms. The molecule has 1 heterocycles. The number of fused-ring (bicyclic) bond motifs is 1. The Kier molecular flexibility index (Phi) is 2.22. The molecule has 0 aliphatic heterocycles. The van der Waals surface area contributed by atoms with Gasteiger partial charge in [-0.2, -0.15) is 5.26 Å². The van der Waals surface area contributed by atoms with Gasteiger partial charge in [0.2, 0.25) is 0 Å². The van der Waals surface area contributed by atoms with Crippen molar-refractivity contribution < 1.29 is 4.39 Å². The number of rotatable bonds is 0. The summed E-state index contributed by atoms with van der Waals surface area (Å²) in [6, 6.07) is 6.95. The molecule has 0 aliphatic rings. The normalized spacial score (nSPS) is 10.2. The SMILES string of the molecule is N#Cc1cc2c(F)cc(I)cc2s1. The van der Waals surface area contributed by atoms with Crippen molar-refractivity contribution in [1.29, 1.82) is 5.26 Å². The molecule has 0 N–H and O–H groups in total. The molecule has 0 saturated carbocycles. The van der Waals surface area contributed by atoms with E-state index in [4.69, 9.17) is 5.26 Å². The van der Waals surface area contributed by atoms with Crippen LogP contribution < -0.4 is 0 Å². The lowest BCUT2D eigenvalue weighted by Crippen LogP contribution is -1.76. The number of nitrogens with zero attached hydrogens (tertiary/aromatic N) is 1. The maximum absolute atomic E-state index is 13.3. The van der Waals surface area contributed by atoms with Gasteiger partial charge in [0, 0.05) is 13.7 Å². The number of nitriles is 1. The van der Waals surface area contributed by atoms with Crippen molar-refractivity contribution in [2.75, 3.05) is 0 Å². The fraction of sp³-hybridized carbons (Fsp3) is 0. The molecule has 1 nitrogen and oxygen atoms in total. The topological polar surface area (TPSA) is 23.8 Å². The molecule has 0 amide bonds. The number of benzene rings is 1. The van der Waals surface area contributed by atoms with E-state index in [-0.39, 0.29) is 5.82 Å². The van der Waals surface area contributed by atoms with Gasteiger partial charge in [-0.15, -0.1) is 11.3 Å². The number of thiophene rings is 1. The van der Waals surface area contributed by atoms with Gasteiger partial charge in [-0.3, -0.25) is 0 Å². The van der Waals surface area contributed by atoms with Crippen LogP contribution in [-0.4, -0.2) is 0 Å².